The third-order valence-electron chi connectivity index (χ3n) is 4.90. The standard InChI is InChI=1S/C24H28N2O4S2/c1-16(23(27)25-12-11-17-5-8-20(28-2)9-6-17)31-14-19-15-32-24(26-19)18-7-10-21(29-3)22(13-18)30-4/h5-10,13,15-16H,11-12,14H2,1-4H3,(H,25,27). The van der Waals surface area contributed by atoms with E-state index in [-0.39, 0.29) is 11.2 Å². The molecule has 1 N–H and O–H groups in total. The molecule has 2 aromatic carbocycles. The van der Waals surface area contributed by atoms with Crippen LogP contribution in [0.5, 0.6) is 17.2 Å². The number of hydrogen-bond acceptors (Lipinski definition) is 7. The third kappa shape index (κ3) is 6.40. The predicted octanol–water partition coefficient (Wildman–Crippen LogP) is 4.82. The summed E-state index contributed by atoms with van der Waals surface area (Å²) in [5.41, 5.74) is 3.10. The number of carbonyl (C=O) groups is 1. The van der Waals surface area contributed by atoms with E-state index in [0.717, 1.165) is 34.0 Å². The molecule has 3 aromatic rings. The van der Waals surface area contributed by atoms with Crippen molar-refractivity contribution in [3.63, 3.8) is 0 Å². The Balaban J connectivity index is 1.47. The van der Waals surface area contributed by atoms with Crippen molar-refractivity contribution in [1.82, 2.24) is 10.3 Å². The van der Waals surface area contributed by atoms with E-state index in [4.69, 9.17) is 19.2 Å². The first-order chi connectivity index (χ1) is 15.5. The van der Waals surface area contributed by atoms with E-state index >= 15 is 0 Å². The lowest BCUT2D eigenvalue weighted by molar-refractivity contribution is -0.120. The molecule has 0 spiro atoms. The normalized spacial score (nSPS) is 11.6. The summed E-state index contributed by atoms with van der Waals surface area (Å²) >= 11 is 3.16. The Bertz CT molecular complexity index is 1020. The summed E-state index contributed by atoms with van der Waals surface area (Å²) in [5.74, 6) is 2.92. The Morgan fingerprint density at radius 1 is 1.06 bits per heavy atom. The van der Waals surface area contributed by atoms with Gasteiger partial charge < -0.3 is 19.5 Å². The SMILES string of the molecule is COc1ccc(CCNC(=O)C(C)SCc2csc(-c3ccc(OC)c(OC)c3)n2)cc1. The molecule has 3 rings (SSSR count). The van der Waals surface area contributed by atoms with Crippen LogP contribution in [0.25, 0.3) is 10.6 Å². The highest BCUT2D eigenvalue weighted by molar-refractivity contribution is 7.99. The van der Waals surface area contributed by atoms with Gasteiger partial charge in [-0.2, -0.15) is 0 Å². The molecule has 0 saturated carbocycles. The average Bonchev–Trinajstić information content (AvgIpc) is 3.31. The van der Waals surface area contributed by atoms with Gasteiger partial charge in [0.1, 0.15) is 10.8 Å². The monoisotopic (exact) mass is 472 g/mol. The molecule has 1 amide bonds. The van der Waals surface area contributed by atoms with Gasteiger partial charge in [0.15, 0.2) is 11.5 Å². The minimum absolute atomic E-state index is 0.0406. The molecule has 0 aliphatic rings. The smallest absolute Gasteiger partial charge is 0.232 e. The first-order valence-corrected chi connectivity index (χ1v) is 12.2. The molecule has 170 valence electrons. The second-order valence-electron chi connectivity index (χ2n) is 7.06. The molecule has 0 fully saturated rings. The number of carbonyl (C=O) groups excluding carboxylic acids is 1. The Kier molecular flexibility index (Phi) is 8.81. The lowest BCUT2D eigenvalue weighted by atomic mass is 10.1. The number of nitrogens with zero attached hydrogens (tertiary/aromatic N) is 1. The molecule has 8 heteroatoms. The van der Waals surface area contributed by atoms with Gasteiger partial charge in [-0.05, 0) is 49.2 Å². The molecular formula is C24H28N2O4S2. The van der Waals surface area contributed by atoms with Crippen LogP contribution in [0.1, 0.15) is 18.2 Å². The molecule has 1 heterocycles. The number of nitrogens with one attached hydrogen (secondary N) is 1. The molecule has 0 aliphatic carbocycles. The second kappa shape index (κ2) is 11.8. The maximum absolute atomic E-state index is 12.4. The third-order valence-corrected chi connectivity index (χ3v) is 7.02. The van der Waals surface area contributed by atoms with Crippen LogP contribution in [0, 0.1) is 0 Å². The highest BCUT2D eigenvalue weighted by atomic mass is 32.2. The highest BCUT2D eigenvalue weighted by Gasteiger charge is 2.15. The lowest BCUT2D eigenvalue weighted by Crippen LogP contribution is -2.32. The van der Waals surface area contributed by atoms with Crippen molar-refractivity contribution >= 4 is 29.0 Å². The summed E-state index contributed by atoms with van der Waals surface area (Å²) in [6.07, 6.45) is 0.786. The van der Waals surface area contributed by atoms with Gasteiger partial charge >= 0.3 is 0 Å². The molecule has 1 aromatic heterocycles. The summed E-state index contributed by atoms with van der Waals surface area (Å²) in [6.45, 7) is 2.53. The minimum atomic E-state index is -0.155. The summed E-state index contributed by atoms with van der Waals surface area (Å²) in [6, 6.07) is 13.7. The summed E-state index contributed by atoms with van der Waals surface area (Å²) in [5, 5.41) is 5.81. The van der Waals surface area contributed by atoms with Crippen LogP contribution in [0.3, 0.4) is 0 Å². The number of hydrogen-bond donors (Lipinski definition) is 1. The summed E-state index contributed by atoms with van der Waals surface area (Å²) in [7, 11) is 4.89. The number of benzene rings is 2. The first-order valence-electron chi connectivity index (χ1n) is 10.2. The molecule has 1 unspecified atom stereocenters. The van der Waals surface area contributed by atoms with E-state index in [1.807, 2.05) is 54.8 Å². The number of ether oxygens (including phenoxy) is 3. The molecule has 0 radical (unpaired) electrons. The molecule has 6 nitrogen and oxygen atoms in total. The average molecular weight is 473 g/mol. The lowest BCUT2D eigenvalue weighted by Gasteiger charge is -2.11. The summed E-state index contributed by atoms with van der Waals surface area (Å²) < 4.78 is 15.8. The van der Waals surface area contributed by atoms with Gasteiger partial charge in [-0.1, -0.05) is 12.1 Å². The van der Waals surface area contributed by atoms with E-state index in [2.05, 4.69) is 5.32 Å². The number of amides is 1. The fourth-order valence-electron chi connectivity index (χ4n) is 3.03. The van der Waals surface area contributed by atoms with Gasteiger partial charge in [0.05, 0.1) is 32.3 Å². The van der Waals surface area contributed by atoms with Crippen molar-refractivity contribution in [2.75, 3.05) is 27.9 Å². The van der Waals surface area contributed by atoms with Crippen LogP contribution in [0.15, 0.2) is 47.8 Å². The van der Waals surface area contributed by atoms with Gasteiger partial charge in [-0.3, -0.25) is 4.79 Å². The minimum Gasteiger partial charge on any atom is -0.497 e. The van der Waals surface area contributed by atoms with E-state index in [1.54, 1.807) is 44.4 Å². The Morgan fingerprint density at radius 3 is 2.50 bits per heavy atom. The Morgan fingerprint density at radius 2 is 1.81 bits per heavy atom. The van der Waals surface area contributed by atoms with Crippen LogP contribution >= 0.6 is 23.1 Å². The highest BCUT2D eigenvalue weighted by Crippen LogP contribution is 2.34. The molecule has 32 heavy (non-hydrogen) atoms. The first kappa shape index (κ1) is 23.9. The molecule has 0 aliphatic heterocycles. The predicted molar refractivity (Wildman–Crippen MR) is 131 cm³/mol. The zero-order valence-electron chi connectivity index (χ0n) is 18.7. The van der Waals surface area contributed by atoms with Crippen LogP contribution < -0.4 is 19.5 Å². The van der Waals surface area contributed by atoms with E-state index in [9.17, 15) is 4.79 Å². The number of methoxy groups -OCH3 is 3. The fourth-order valence-corrected chi connectivity index (χ4v) is 4.75. The van der Waals surface area contributed by atoms with Crippen molar-refractivity contribution in [3.05, 3.63) is 59.1 Å². The van der Waals surface area contributed by atoms with Gasteiger partial charge in [0.25, 0.3) is 0 Å². The van der Waals surface area contributed by atoms with E-state index in [1.165, 1.54) is 0 Å². The number of rotatable bonds is 11. The second-order valence-corrected chi connectivity index (χ2v) is 9.24. The maximum atomic E-state index is 12.4. The topological polar surface area (TPSA) is 69.7 Å². The van der Waals surface area contributed by atoms with Gasteiger partial charge in [0.2, 0.25) is 5.91 Å². The quantitative estimate of drug-likeness (QED) is 0.432. The number of thiazole rings is 1. The van der Waals surface area contributed by atoms with Crippen molar-refractivity contribution in [1.29, 1.82) is 0 Å². The van der Waals surface area contributed by atoms with Crippen molar-refractivity contribution in [2.24, 2.45) is 0 Å². The van der Waals surface area contributed by atoms with Gasteiger partial charge in [0, 0.05) is 23.2 Å². The van der Waals surface area contributed by atoms with Gasteiger partial charge in [-0.25, -0.2) is 4.98 Å². The van der Waals surface area contributed by atoms with Crippen LogP contribution in [-0.2, 0) is 17.0 Å². The van der Waals surface area contributed by atoms with Crippen molar-refractivity contribution in [3.8, 4) is 27.8 Å². The van der Waals surface area contributed by atoms with Crippen molar-refractivity contribution in [2.45, 2.75) is 24.3 Å². The van der Waals surface area contributed by atoms with Gasteiger partial charge in [-0.15, -0.1) is 23.1 Å². The molecular weight excluding hydrogens is 444 g/mol. The zero-order chi connectivity index (χ0) is 22.9. The van der Waals surface area contributed by atoms with Crippen molar-refractivity contribution < 1.29 is 19.0 Å². The maximum Gasteiger partial charge on any atom is 0.232 e. The number of aromatic nitrogens is 1. The Labute approximate surface area is 197 Å². The summed E-state index contributed by atoms with van der Waals surface area (Å²) in [4.78, 5) is 17.1. The molecule has 0 saturated heterocycles. The molecule has 1 atom stereocenters. The Hall–Kier alpha value is -2.71. The molecule has 0 bridgehead atoms. The fraction of sp³-hybridized carbons (Fsp3) is 0.333. The van der Waals surface area contributed by atoms with Crippen LogP contribution in [0.4, 0.5) is 0 Å². The van der Waals surface area contributed by atoms with E-state index in [0.29, 0.717) is 23.8 Å². The largest absolute Gasteiger partial charge is 0.497 e. The van der Waals surface area contributed by atoms with Crippen LogP contribution in [-0.4, -0.2) is 44.0 Å². The zero-order valence-corrected chi connectivity index (χ0v) is 20.3. The van der Waals surface area contributed by atoms with E-state index < -0.39 is 0 Å². The van der Waals surface area contributed by atoms with Crippen LogP contribution in [0.2, 0.25) is 0 Å². The number of thioether (sulfide) groups is 1.